The van der Waals surface area contributed by atoms with Gasteiger partial charge >= 0.3 is 0 Å². The summed E-state index contributed by atoms with van der Waals surface area (Å²) in [6.45, 7) is 0. The molecule has 0 saturated heterocycles. The van der Waals surface area contributed by atoms with Gasteiger partial charge in [-0.25, -0.2) is 8.42 Å². The van der Waals surface area contributed by atoms with E-state index < -0.39 is 35.6 Å². The zero-order chi connectivity index (χ0) is 23.5. The minimum Gasteiger partial charge on any atom is -0.258 e. The van der Waals surface area contributed by atoms with Crippen LogP contribution < -0.4 is 3.71 Å². The molecule has 3 aromatic rings. The molecule has 0 bridgehead atoms. The average Bonchev–Trinajstić information content (AvgIpc) is 2.74. The molecule has 0 N–H and O–H groups in total. The molecule has 0 spiro atoms. The Morgan fingerprint density at radius 2 is 1.50 bits per heavy atom. The number of rotatable bonds is 7. The molecule has 0 aliphatic rings. The highest BCUT2D eigenvalue weighted by molar-refractivity contribution is 8.11. The van der Waals surface area contributed by atoms with Gasteiger partial charge in [0.05, 0.1) is 21.0 Å². The average molecular weight is 513 g/mol. The Morgan fingerprint density at radius 1 is 0.875 bits per heavy atom. The summed E-state index contributed by atoms with van der Waals surface area (Å²) in [6, 6.07) is 16.1. The molecule has 0 saturated carbocycles. The maximum absolute atomic E-state index is 13.4. The van der Waals surface area contributed by atoms with Gasteiger partial charge in [0.25, 0.3) is 25.7 Å². The van der Waals surface area contributed by atoms with Crippen molar-refractivity contribution in [3.63, 3.8) is 0 Å². The fourth-order valence-electron chi connectivity index (χ4n) is 2.66. The minimum absolute atomic E-state index is 0.153. The fourth-order valence-corrected chi connectivity index (χ4v) is 6.70. The number of nitrogens with zero attached hydrogens (tertiary/aromatic N) is 2. The van der Waals surface area contributed by atoms with Crippen molar-refractivity contribution in [3.05, 3.63) is 104 Å². The van der Waals surface area contributed by atoms with Crippen LogP contribution in [0.2, 0.25) is 10.0 Å². The first kappa shape index (κ1) is 23.7. The van der Waals surface area contributed by atoms with Crippen LogP contribution in [0.4, 0.5) is 11.4 Å². The Bertz CT molecular complexity index is 1390. The van der Waals surface area contributed by atoms with Crippen LogP contribution in [0, 0.1) is 10.1 Å². The van der Waals surface area contributed by atoms with Crippen molar-refractivity contribution in [2.45, 2.75) is 4.90 Å². The number of nitro groups is 1. The van der Waals surface area contributed by atoms with E-state index in [2.05, 4.69) is 0 Å². The standard InChI is InChI=1S/C20H14Cl2N2O6S2/c21-16-6-8-17(9-7-16)24(31(27,28)13-12-15-4-2-1-3-5-15)32(29,30)20-14-18(23(25)26)10-11-19(20)22/h1-14H/b13-12+. The lowest BCUT2D eigenvalue weighted by molar-refractivity contribution is -0.385. The van der Waals surface area contributed by atoms with Crippen LogP contribution >= 0.6 is 23.2 Å². The monoisotopic (exact) mass is 512 g/mol. The molecule has 0 radical (unpaired) electrons. The third-order valence-corrected chi connectivity index (χ3v) is 8.72. The molecule has 32 heavy (non-hydrogen) atoms. The van der Waals surface area contributed by atoms with Crippen LogP contribution in [0.15, 0.2) is 83.1 Å². The van der Waals surface area contributed by atoms with Crippen molar-refractivity contribution < 1.29 is 21.8 Å². The summed E-state index contributed by atoms with van der Waals surface area (Å²) in [5.41, 5.74) is -0.311. The van der Waals surface area contributed by atoms with E-state index in [0.717, 1.165) is 17.5 Å². The second-order valence-corrected chi connectivity index (χ2v) is 10.8. The first-order valence-electron chi connectivity index (χ1n) is 8.75. The van der Waals surface area contributed by atoms with E-state index in [-0.39, 0.29) is 19.4 Å². The van der Waals surface area contributed by atoms with Crippen LogP contribution in [-0.4, -0.2) is 21.8 Å². The smallest absolute Gasteiger partial charge is 0.258 e. The van der Waals surface area contributed by atoms with Crippen LogP contribution in [0.3, 0.4) is 0 Å². The third-order valence-electron chi connectivity index (χ3n) is 4.12. The Labute approximate surface area is 194 Å². The summed E-state index contributed by atoms with van der Waals surface area (Å²) >= 11 is 11.9. The topological polar surface area (TPSA) is 115 Å². The van der Waals surface area contributed by atoms with Crippen LogP contribution in [0.25, 0.3) is 6.08 Å². The van der Waals surface area contributed by atoms with E-state index in [9.17, 15) is 26.9 Å². The minimum atomic E-state index is -4.90. The third kappa shape index (κ3) is 5.10. The van der Waals surface area contributed by atoms with Gasteiger partial charge in [0, 0.05) is 17.2 Å². The summed E-state index contributed by atoms with van der Waals surface area (Å²) in [4.78, 5) is 9.59. The summed E-state index contributed by atoms with van der Waals surface area (Å²) in [5.74, 6) is 0. The predicted octanol–water partition coefficient (Wildman–Crippen LogP) is 5.10. The normalized spacial score (nSPS) is 12.1. The molecule has 166 valence electrons. The van der Waals surface area contributed by atoms with Crippen molar-refractivity contribution in [1.82, 2.24) is 0 Å². The number of benzene rings is 3. The highest BCUT2D eigenvalue weighted by Crippen LogP contribution is 2.34. The van der Waals surface area contributed by atoms with E-state index >= 15 is 0 Å². The Morgan fingerprint density at radius 3 is 2.09 bits per heavy atom. The number of anilines is 1. The fraction of sp³-hybridized carbons (Fsp3) is 0. The highest BCUT2D eigenvalue weighted by Gasteiger charge is 2.36. The molecule has 0 aliphatic carbocycles. The molecular formula is C20H14Cl2N2O6S2. The lowest BCUT2D eigenvalue weighted by Crippen LogP contribution is -2.35. The summed E-state index contributed by atoms with van der Waals surface area (Å²) in [6.07, 6.45) is 1.23. The maximum Gasteiger partial charge on any atom is 0.279 e. The molecule has 0 heterocycles. The second kappa shape index (κ2) is 9.29. The summed E-state index contributed by atoms with van der Waals surface area (Å²) < 4.78 is 53.4. The lowest BCUT2D eigenvalue weighted by Gasteiger charge is -2.23. The molecule has 0 unspecified atom stereocenters. The number of hydrogen-bond donors (Lipinski definition) is 0. The van der Waals surface area contributed by atoms with Gasteiger partial charge < -0.3 is 0 Å². The molecule has 3 aromatic carbocycles. The van der Waals surface area contributed by atoms with E-state index in [1.807, 2.05) is 0 Å². The van der Waals surface area contributed by atoms with Gasteiger partial charge in [-0.1, -0.05) is 53.5 Å². The zero-order valence-electron chi connectivity index (χ0n) is 16.0. The van der Waals surface area contributed by atoms with E-state index in [1.54, 1.807) is 30.3 Å². The largest absolute Gasteiger partial charge is 0.279 e. The Hall–Kier alpha value is -2.92. The summed E-state index contributed by atoms with van der Waals surface area (Å²) in [7, 11) is -9.55. The number of hydrogen-bond acceptors (Lipinski definition) is 6. The van der Waals surface area contributed by atoms with Gasteiger partial charge in [0.2, 0.25) is 0 Å². The quantitative estimate of drug-likeness (QED) is 0.321. The Kier molecular flexibility index (Phi) is 6.89. The first-order chi connectivity index (χ1) is 15.0. The molecule has 12 heteroatoms. The number of non-ortho nitro benzene ring substituents is 1. The Balaban J connectivity index is 2.21. The maximum atomic E-state index is 13.4. The molecule has 0 amide bonds. The molecular weight excluding hydrogens is 499 g/mol. The number of halogens is 2. The number of sulfonamides is 2. The predicted molar refractivity (Wildman–Crippen MR) is 124 cm³/mol. The van der Waals surface area contributed by atoms with Gasteiger partial charge in [-0.2, -0.15) is 12.1 Å². The molecule has 0 aliphatic heterocycles. The van der Waals surface area contributed by atoms with Gasteiger partial charge in [-0.15, -0.1) is 0 Å². The van der Waals surface area contributed by atoms with E-state index in [4.69, 9.17) is 23.2 Å². The second-order valence-electron chi connectivity index (χ2n) is 6.31. The molecule has 0 aromatic heterocycles. The van der Waals surface area contributed by atoms with Crippen LogP contribution in [0.1, 0.15) is 5.56 Å². The molecule has 0 atom stereocenters. The van der Waals surface area contributed by atoms with Crippen molar-refractivity contribution >= 4 is 60.7 Å². The first-order valence-corrected chi connectivity index (χ1v) is 12.5. The van der Waals surface area contributed by atoms with E-state index in [0.29, 0.717) is 11.6 Å². The molecule has 8 nitrogen and oxygen atoms in total. The number of nitro benzene ring substituents is 1. The highest BCUT2D eigenvalue weighted by atomic mass is 35.5. The molecule has 3 rings (SSSR count). The van der Waals surface area contributed by atoms with Gasteiger partial charge in [-0.3, -0.25) is 10.1 Å². The van der Waals surface area contributed by atoms with Crippen molar-refractivity contribution in [3.8, 4) is 0 Å². The SMILES string of the molecule is O=[N+]([O-])c1ccc(Cl)c(S(=O)(=O)N(c2ccc(Cl)cc2)S(=O)(=O)/C=C/c2ccccc2)c1. The van der Waals surface area contributed by atoms with Crippen molar-refractivity contribution in [1.29, 1.82) is 0 Å². The van der Waals surface area contributed by atoms with Crippen molar-refractivity contribution in [2.75, 3.05) is 3.71 Å². The molecule has 0 fully saturated rings. The summed E-state index contributed by atoms with van der Waals surface area (Å²) in [5, 5.41) is 11.7. The zero-order valence-corrected chi connectivity index (χ0v) is 19.1. The van der Waals surface area contributed by atoms with E-state index in [1.165, 1.54) is 30.3 Å². The van der Waals surface area contributed by atoms with Crippen molar-refractivity contribution in [2.24, 2.45) is 0 Å². The van der Waals surface area contributed by atoms with Gasteiger partial charge in [-0.05, 0) is 42.0 Å². The van der Waals surface area contributed by atoms with Gasteiger partial charge in [0.15, 0.2) is 0 Å². The van der Waals surface area contributed by atoms with Crippen LogP contribution in [-0.2, 0) is 20.0 Å². The van der Waals surface area contributed by atoms with Gasteiger partial charge in [0.1, 0.15) is 4.90 Å². The lowest BCUT2D eigenvalue weighted by atomic mass is 10.2. The van der Waals surface area contributed by atoms with Crippen LogP contribution in [0.5, 0.6) is 0 Å².